The van der Waals surface area contributed by atoms with Crippen LogP contribution in [0.1, 0.15) is 34.8 Å². The van der Waals surface area contributed by atoms with Crippen molar-refractivity contribution in [2.24, 2.45) is 5.73 Å². The van der Waals surface area contributed by atoms with Crippen LogP contribution >= 0.6 is 0 Å². The molecule has 6 heteroatoms. The molecule has 0 saturated carbocycles. The van der Waals surface area contributed by atoms with E-state index in [1.807, 2.05) is 0 Å². The van der Waals surface area contributed by atoms with Gasteiger partial charge in [0.2, 0.25) is 5.91 Å². The molecule has 5 nitrogen and oxygen atoms in total. The maximum absolute atomic E-state index is 13.1. The van der Waals surface area contributed by atoms with Crippen molar-refractivity contribution in [1.82, 2.24) is 4.90 Å². The van der Waals surface area contributed by atoms with Gasteiger partial charge in [-0.2, -0.15) is 0 Å². The number of primary amides is 1. The summed E-state index contributed by atoms with van der Waals surface area (Å²) < 4.78 is 13.1. The second-order valence-corrected chi connectivity index (χ2v) is 6.14. The number of benzene rings is 2. The molecule has 0 unspecified atom stereocenters. The Morgan fingerprint density at radius 2 is 1.88 bits per heavy atom. The Hall–Kier alpha value is -2.73. The van der Waals surface area contributed by atoms with Crippen LogP contribution in [0.2, 0.25) is 0 Å². The van der Waals surface area contributed by atoms with Crippen LogP contribution in [-0.4, -0.2) is 29.8 Å². The van der Waals surface area contributed by atoms with Gasteiger partial charge in [0.15, 0.2) is 0 Å². The number of nitrogens with one attached hydrogen (secondary N) is 1. The highest BCUT2D eigenvalue weighted by Crippen LogP contribution is 2.31. The van der Waals surface area contributed by atoms with Crippen LogP contribution in [0.15, 0.2) is 48.5 Å². The van der Waals surface area contributed by atoms with Crippen molar-refractivity contribution >= 4 is 17.5 Å². The third kappa shape index (κ3) is 4.03. The van der Waals surface area contributed by atoms with Crippen molar-refractivity contribution in [2.75, 3.05) is 18.4 Å². The molecule has 25 heavy (non-hydrogen) atoms. The first kappa shape index (κ1) is 17.1. The lowest BCUT2D eigenvalue weighted by molar-refractivity contribution is -0.117. The summed E-state index contributed by atoms with van der Waals surface area (Å²) in [5.74, 6) is -1.06. The summed E-state index contributed by atoms with van der Waals surface area (Å²) in [4.78, 5) is 25.9. The number of carbonyl (C=O) groups excluding carboxylic acids is 2. The van der Waals surface area contributed by atoms with E-state index in [4.69, 9.17) is 5.73 Å². The topological polar surface area (TPSA) is 75.4 Å². The average molecular weight is 341 g/mol. The van der Waals surface area contributed by atoms with E-state index < -0.39 is 5.91 Å². The van der Waals surface area contributed by atoms with Crippen molar-refractivity contribution in [2.45, 2.75) is 18.9 Å². The minimum absolute atomic E-state index is 0.0951. The maximum atomic E-state index is 13.1. The number of hydrogen-bond donors (Lipinski definition) is 2. The lowest BCUT2D eigenvalue weighted by Crippen LogP contribution is -2.33. The molecule has 0 spiro atoms. The highest BCUT2D eigenvalue weighted by molar-refractivity contribution is 6.03. The summed E-state index contributed by atoms with van der Waals surface area (Å²) in [6.45, 7) is 1.00. The number of nitrogens with zero attached hydrogens (tertiary/aromatic N) is 1. The quantitative estimate of drug-likeness (QED) is 0.878. The van der Waals surface area contributed by atoms with Gasteiger partial charge in [0.25, 0.3) is 5.91 Å². The van der Waals surface area contributed by atoms with Crippen LogP contribution in [0.5, 0.6) is 0 Å². The molecule has 1 atom stereocenters. The van der Waals surface area contributed by atoms with E-state index in [0.717, 1.165) is 24.9 Å². The van der Waals surface area contributed by atoms with Gasteiger partial charge in [-0.15, -0.1) is 0 Å². The molecule has 2 aromatic carbocycles. The predicted octanol–water partition coefficient (Wildman–Crippen LogP) is 2.70. The molecule has 0 radical (unpaired) electrons. The normalized spacial score (nSPS) is 17.4. The number of halogens is 1. The summed E-state index contributed by atoms with van der Waals surface area (Å²) in [6.07, 6.45) is 1.91. The molecule has 1 heterocycles. The minimum atomic E-state index is -0.582. The summed E-state index contributed by atoms with van der Waals surface area (Å²) >= 11 is 0. The molecule has 130 valence electrons. The van der Waals surface area contributed by atoms with Crippen LogP contribution < -0.4 is 11.1 Å². The Labute approximate surface area is 145 Å². The van der Waals surface area contributed by atoms with Crippen molar-refractivity contribution < 1.29 is 14.0 Å². The first-order valence-corrected chi connectivity index (χ1v) is 8.23. The van der Waals surface area contributed by atoms with Gasteiger partial charge in [-0.3, -0.25) is 14.5 Å². The molecule has 0 bridgehead atoms. The number of likely N-dealkylation sites (tertiary alicyclic amines) is 1. The molecule has 1 saturated heterocycles. The summed E-state index contributed by atoms with van der Waals surface area (Å²) in [7, 11) is 0. The van der Waals surface area contributed by atoms with Gasteiger partial charge in [-0.1, -0.05) is 24.3 Å². The average Bonchev–Trinajstić information content (AvgIpc) is 3.03. The van der Waals surface area contributed by atoms with Gasteiger partial charge in [0.1, 0.15) is 5.82 Å². The van der Waals surface area contributed by atoms with Crippen molar-refractivity contribution in [3.8, 4) is 0 Å². The fraction of sp³-hybridized carbons (Fsp3) is 0.263. The minimum Gasteiger partial charge on any atom is -0.366 e. The van der Waals surface area contributed by atoms with Crippen LogP contribution in [0.25, 0.3) is 0 Å². The smallest absolute Gasteiger partial charge is 0.250 e. The van der Waals surface area contributed by atoms with E-state index in [-0.39, 0.29) is 29.9 Å². The van der Waals surface area contributed by atoms with E-state index in [2.05, 4.69) is 10.2 Å². The van der Waals surface area contributed by atoms with E-state index in [1.165, 1.54) is 12.1 Å². The van der Waals surface area contributed by atoms with Gasteiger partial charge < -0.3 is 11.1 Å². The summed E-state index contributed by atoms with van der Waals surface area (Å²) in [5, 5.41) is 2.76. The number of nitrogens with two attached hydrogens (primary N) is 1. The lowest BCUT2D eigenvalue weighted by atomic mass is 10.0. The van der Waals surface area contributed by atoms with Crippen molar-refractivity contribution in [3.05, 3.63) is 65.5 Å². The van der Waals surface area contributed by atoms with Crippen LogP contribution in [0.3, 0.4) is 0 Å². The van der Waals surface area contributed by atoms with Crippen molar-refractivity contribution in [3.63, 3.8) is 0 Å². The van der Waals surface area contributed by atoms with Crippen LogP contribution in [0, 0.1) is 5.82 Å². The highest BCUT2D eigenvalue weighted by Gasteiger charge is 2.27. The number of hydrogen-bond acceptors (Lipinski definition) is 3. The summed E-state index contributed by atoms with van der Waals surface area (Å²) in [6, 6.07) is 13.2. The van der Waals surface area contributed by atoms with E-state index >= 15 is 0 Å². The standard InChI is InChI=1S/C19H20FN3O2/c20-14-9-7-13(8-10-14)17-6-3-11-23(17)12-18(24)22-16-5-2-1-4-15(16)19(21)25/h1-2,4-5,7-10,17H,3,6,11-12H2,(H2,21,25)(H,22,24)/t17-/m1/s1. The fourth-order valence-electron chi connectivity index (χ4n) is 3.26. The van der Waals surface area contributed by atoms with Gasteiger partial charge >= 0.3 is 0 Å². The first-order chi connectivity index (χ1) is 12.0. The molecule has 3 rings (SSSR count). The molecule has 3 N–H and O–H groups in total. The van der Waals surface area contributed by atoms with Crippen molar-refractivity contribution in [1.29, 1.82) is 0 Å². The third-order valence-electron chi connectivity index (χ3n) is 4.43. The summed E-state index contributed by atoms with van der Waals surface area (Å²) in [5.41, 5.74) is 7.04. The number of carbonyl (C=O) groups is 2. The Kier molecular flexibility index (Phi) is 5.09. The highest BCUT2D eigenvalue weighted by atomic mass is 19.1. The zero-order chi connectivity index (χ0) is 17.8. The predicted molar refractivity (Wildman–Crippen MR) is 93.5 cm³/mol. The van der Waals surface area contributed by atoms with Gasteiger partial charge in [0.05, 0.1) is 17.8 Å². The molecule has 2 aromatic rings. The van der Waals surface area contributed by atoms with Gasteiger partial charge in [-0.25, -0.2) is 4.39 Å². The zero-order valence-corrected chi connectivity index (χ0v) is 13.7. The number of anilines is 1. The number of amides is 2. The molecular formula is C19H20FN3O2. The SMILES string of the molecule is NC(=O)c1ccccc1NC(=O)CN1CCC[C@@H]1c1ccc(F)cc1. The zero-order valence-electron chi connectivity index (χ0n) is 13.7. The molecule has 2 amide bonds. The molecular weight excluding hydrogens is 321 g/mol. The van der Waals surface area contributed by atoms with E-state index in [9.17, 15) is 14.0 Å². The number of rotatable bonds is 5. The van der Waals surface area contributed by atoms with E-state index in [1.54, 1.807) is 36.4 Å². The largest absolute Gasteiger partial charge is 0.366 e. The second-order valence-electron chi connectivity index (χ2n) is 6.14. The Morgan fingerprint density at radius 3 is 2.60 bits per heavy atom. The lowest BCUT2D eigenvalue weighted by Gasteiger charge is -2.24. The second kappa shape index (κ2) is 7.44. The Bertz CT molecular complexity index is 776. The third-order valence-corrected chi connectivity index (χ3v) is 4.43. The monoisotopic (exact) mass is 341 g/mol. The molecule has 0 aromatic heterocycles. The van der Waals surface area contributed by atoms with Crippen LogP contribution in [0.4, 0.5) is 10.1 Å². The molecule has 1 aliphatic heterocycles. The fourth-order valence-corrected chi connectivity index (χ4v) is 3.26. The Balaban J connectivity index is 1.68. The Morgan fingerprint density at radius 1 is 1.16 bits per heavy atom. The first-order valence-electron chi connectivity index (χ1n) is 8.23. The van der Waals surface area contributed by atoms with Crippen LogP contribution in [-0.2, 0) is 4.79 Å². The van der Waals surface area contributed by atoms with E-state index in [0.29, 0.717) is 5.69 Å². The van der Waals surface area contributed by atoms with Gasteiger partial charge in [-0.05, 0) is 49.2 Å². The number of para-hydroxylation sites is 1. The molecule has 1 fully saturated rings. The molecule has 0 aliphatic carbocycles. The van der Waals surface area contributed by atoms with Gasteiger partial charge in [0, 0.05) is 6.04 Å². The molecule has 1 aliphatic rings. The maximum Gasteiger partial charge on any atom is 0.250 e.